The fourth-order valence-electron chi connectivity index (χ4n) is 3.39. The Labute approximate surface area is 151 Å². The number of cyclic esters (lactones) is 1. The molecule has 0 amide bonds. The maximum Gasteiger partial charge on any atom is 0.341 e. The molecule has 4 rings (SSSR count). The molecule has 5 heteroatoms. The third kappa shape index (κ3) is 2.32. The maximum atomic E-state index is 12.6. The van der Waals surface area contributed by atoms with Gasteiger partial charge in [0.05, 0.1) is 12.7 Å². The van der Waals surface area contributed by atoms with Gasteiger partial charge in [-0.3, -0.25) is 0 Å². The summed E-state index contributed by atoms with van der Waals surface area (Å²) in [6.07, 6.45) is 1.72. The van der Waals surface area contributed by atoms with Crippen LogP contribution in [-0.4, -0.2) is 25.1 Å². The third-order valence-electron chi connectivity index (χ3n) is 4.70. The lowest BCUT2D eigenvalue weighted by atomic mass is 9.91. The van der Waals surface area contributed by atoms with E-state index in [-0.39, 0.29) is 5.97 Å². The van der Waals surface area contributed by atoms with Gasteiger partial charge in [-0.15, -0.1) is 0 Å². The van der Waals surface area contributed by atoms with Crippen molar-refractivity contribution in [2.24, 2.45) is 0 Å². The maximum absolute atomic E-state index is 12.6. The van der Waals surface area contributed by atoms with Crippen molar-refractivity contribution in [1.29, 1.82) is 0 Å². The molecule has 0 radical (unpaired) electrons. The molecule has 0 N–H and O–H groups in total. The van der Waals surface area contributed by atoms with Crippen molar-refractivity contribution in [3.63, 3.8) is 0 Å². The number of hydrogen-bond donors (Lipinski definition) is 0. The topological polar surface area (TPSA) is 51.7 Å². The Bertz CT molecular complexity index is 941. The Hall–Kier alpha value is -3.34. The lowest BCUT2D eigenvalue weighted by Crippen LogP contribution is -2.45. The van der Waals surface area contributed by atoms with Gasteiger partial charge in [0.1, 0.15) is 11.6 Å². The quantitative estimate of drug-likeness (QED) is 0.676. The number of fused-ring (bicyclic) bond motifs is 1. The zero-order valence-corrected chi connectivity index (χ0v) is 14.5. The highest BCUT2D eigenvalue weighted by molar-refractivity contribution is 5.96. The number of aromatic nitrogens is 1. The zero-order valence-electron chi connectivity index (χ0n) is 14.5. The number of methoxy groups -OCH3 is 1. The third-order valence-corrected chi connectivity index (χ3v) is 4.70. The van der Waals surface area contributed by atoms with Crippen LogP contribution in [0, 0.1) is 0 Å². The van der Waals surface area contributed by atoms with Crippen molar-refractivity contribution < 1.29 is 14.3 Å². The van der Waals surface area contributed by atoms with Gasteiger partial charge in [0.15, 0.2) is 0 Å². The lowest BCUT2D eigenvalue weighted by molar-refractivity contribution is 0.0109. The van der Waals surface area contributed by atoms with Crippen LogP contribution in [0.2, 0.25) is 0 Å². The Morgan fingerprint density at radius 3 is 2.42 bits per heavy atom. The van der Waals surface area contributed by atoms with Crippen molar-refractivity contribution >= 4 is 11.8 Å². The summed E-state index contributed by atoms with van der Waals surface area (Å²) in [5.74, 6) is 1.09. The van der Waals surface area contributed by atoms with E-state index in [0.717, 1.165) is 16.9 Å². The molecule has 1 unspecified atom stereocenters. The van der Waals surface area contributed by atoms with Crippen LogP contribution in [0.4, 0.5) is 5.82 Å². The number of hydrogen-bond acceptors (Lipinski definition) is 5. The number of benzene rings is 2. The summed E-state index contributed by atoms with van der Waals surface area (Å²) in [5.41, 5.74) is 1.09. The molecule has 0 spiro atoms. The minimum absolute atomic E-state index is 0.348. The molecule has 3 aromatic rings. The Morgan fingerprint density at radius 1 is 1.00 bits per heavy atom. The Kier molecular flexibility index (Phi) is 3.84. The summed E-state index contributed by atoms with van der Waals surface area (Å²) in [6.45, 7) is 0. The van der Waals surface area contributed by atoms with Crippen LogP contribution in [0.15, 0.2) is 72.9 Å². The van der Waals surface area contributed by atoms with Gasteiger partial charge < -0.3 is 14.4 Å². The first-order valence-electron chi connectivity index (χ1n) is 8.29. The van der Waals surface area contributed by atoms with Crippen molar-refractivity contribution in [3.8, 4) is 5.75 Å². The van der Waals surface area contributed by atoms with Gasteiger partial charge in [-0.1, -0.05) is 24.3 Å². The van der Waals surface area contributed by atoms with Gasteiger partial charge in [-0.25, -0.2) is 9.78 Å². The van der Waals surface area contributed by atoms with Crippen LogP contribution in [-0.2, 0) is 10.5 Å². The van der Waals surface area contributed by atoms with Crippen molar-refractivity contribution in [1.82, 2.24) is 4.98 Å². The standard InChI is InChI=1S/C21H18N2O3/c1-23(19-9-5-6-14-22-19)21(15-10-12-16(25-2)13-11-15)18-8-4-3-7-17(18)20(24)26-21/h3-14H,1-2H3. The first-order valence-corrected chi connectivity index (χ1v) is 8.29. The van der Waals surface area contributed by atoms with Crippen molar-refractivity contribution in [3.05, 3.63) is 89.6 Å². The largest absolute Gasteiger partial charge is 0.497 e. The van der Waals surface area contributed by atoms with Crippen LogP contribution in [0.3, 0.4) is 0 Å². The van der Waals surface area contributed by atoms with Crippen LogP contribution >= 0.6 is 0 Å². The average Bonchev–Trinajstić information content (AvgIpc) is 3.02. The molecule has 0 saturated carbocycles. The van der Waals surface area contributed by atoms with E-state index in [2.05, 4.69) is 4.98 Å². The minimum Gasteiger partial charge on any atom is -0.497 e. The van der Waals surface area contributed by atoms with Gasteiger partial charge >= 0.3 is 5.97 Å². The Morgan fingerprint density at radius 2 is 1.73 bits per heavy atom. The molecule has 1 aliphatic rings. The van der Waals surface area contributed by atoms with Crippen LogP contribution < -0.4 is 9.64 Å². The lowest BCUT2D eigenvalue weighted by Gasteiger charge is -2.38. The number of rotatable bonds is 4. The van der Waals surface area contributed by atoms with E-state index in [0.29, 0.717) is 11.4 Å². The smallest absolute Gasteiger partial charge is 0.341 e. The molecule has 1 aliphatic heterocycles. The summed E-state index contributed by atoms with van der Waals surface area (Å²) >= 11 is 0. The number of nitrogens with zero attached hydrogens (tertiary/aromatic N) is 2. The summed E-state index contributed by atoms with van der Waals surface area (Å²) in [7, 11) is 3.50. The Balaban J connectivity index is 1.95. The number of pyridine rings is 1. The highest BCUT2D eigenvalue weighted by Gasteiger charge is 2.50. The molecule has 0 fully saturated rings. The minimum atomic E-state index is -1.09. The van der Waals surface area contributed by atoms with Crippen LogP contribution in [0.25, 0.3) is 0 Å². The molecule has 2 aromatic carbocycles. The molecule has 2 heterocycles. The summed E-state index contributed by atoms with van der Waals surface area (Å²) in [6, 6.07) is 20.6. The molecular formula is C21H18N2O3. The molecule has 0 aliphatic carbocycles. The second-order valence-corrected chi connectivity index (χ2v) is 6.05. The zero-order chi connectivity index (χ0) is 18.1. The summed E-state index contributed by atoms with van der Waals surface area (Å²) in [5, 5.41) is 0. The molecule has 1 aromatic heterocycles. The fourth-order valence-corrected chi connectivity index (χ4v) is 3.39. The molecule has 0 saturated heterocycles. The van der Waals surface area contributed by atoms with Crippen LogP contribution in [0.5, 0.6) is 5.75 Å². The first-order chi connectivity index (χ1) is 12.7. The highest BCUT2D eigenvalue weighted by Crippen LogP contribution is 2.45. The fraction of sp³-hybridized carbons (Fsp3) is 0.143. The van der Waals surface area contributed by atoms with E-state index in [4.69, 9.17) is 9.47 Å². The van der Waals surface area contributed by atoms with E-state index >= 15 is 0 Å². The van der Waals surface area contributed by atoms with Gasteiger partial charge in [0, 0.05) is 24.4 Å². The summed E-state index contributed by atoms with van der Waals surface area (Å²) in [4.78, 5) is 18.9. The molecule has 130 valence electrons. The highest BCUT2D eigenvalue weighted by atomic mass is 16.6. The molecular weight excluding hydrogens is 328 g/mol. The van der Waals surface area contributed by atoms with Gasteiger partial charge in [0.2, 0.25) is 5.72 Å². The first kappa shape index (κ1) is 16.1. The van der Waals surface area contributed by atoms with E-state index in [1.165, 1.54) is 0 Å². The predicted octanol–water partition coefficient (Wildman–Crippen LogP) is 3.60. The van der Waals surface area contributed by atoms with Gasteiger partial charge in [0.25, 0.3) is 0 Å². The van der Waals surface area contributed by atoms with E-state index in [9.17, 15) is 4.79 Å². The molecule has 1 atom stereocenters. The van der Waals surface area contributed by atoms with E-state index in [1.54, 1.807) is 19.4 Å². The molecule has 26 heavy (non-hydrogen) atoms. The second kappa shape index (κ2) is 6.19. The van der Waals surface area contributed by atoms with Gasteiger partial charge in [-0.05, 0) is 42.5 Å². The number of anilines is 1. The number of carbonyl (C=O) groups excluding carboxylic acids is 1. The number of ether oxygens (including phenoxy) is 2. The molecule has 5 nitrogen and oxygen atoms in total. The second-order valence-electron chi connectivity index (χ2n) is 6.05. The average molecular weight is 346 g/mol. The van der Waals surface area contributed by atoms with E-state index < -0.39 is 5.72 Å². The SMILES string of the molecule is COc1ccc(C2(N(C)c3ccccn3)OC(=O)c3ccccc32)cc1. The number of carbonyl (C=O) groups is 1. The predicted molar refractivity (Wildman–Crippen MR) is 98.3 cm³/mol. The normalized spacial score (nSPS) is 18.2. The molecule has 0 bridgehead atoms. The van der Waals surface area contributed by atoms with Crippen molar-refractivity contribution in [2.75, 3.05) is 19.1 Å². The van der Waals surface area contributed by atoms with Crippen LogP contribution in [0.1, 0.15) is 21.5 Å². The summed E-state index contributed by atoms with van der Waals surface area (Å²) < 4.78 is 11.3. The monoisotopic (exact) mass is 346 g/mol. The van der Waals surface area contributed by atoms with E-state index in [1.807, 2.05) is 72.6 Å². The number of esters is 1. The van der Waals surface area contributed by atoms with Crippen molar-refractivity contribution in [2.45, 2.75) is 5.72 Å². The van der Waals surface area contributed by atoms with Gasteiger partial charge in [-0.2, -0.15) is 0 Å².